The Labute approximate surface area is 205 Å². The number of nitrogens with zero attached hydrogens (tertiary/aromatic N) is 1. The highest BCUT2D eigenvalue weighted by molar-refractivity contribution is 6.42. The predicted molar refractivity (Wildman–Crippen MR) is 126 cm³/mol. The normalized spacial score (nSPS) is 17.3. The average Bonchev–Trinajstić information content (AvgIpc) is 3.52. The minimum Gasteiger partial charge on any atom is -0.486 e. The van der Waals surface area contributed by atoms with Gasteiger partial charge in [0.15, 0.2) is 23.1 Å². The van der Waals surface area contributed by atoms with Crippen LogP contribution in [0.2, 0.25) is 5.02 Å². The molecule has 8 nitrogen and oxygen atoms in total. The van der Waals surface area contributed by atoms with E-state index >= 15 is 0 Å². The zero-order valence-electron chi connectivity index (χ0n) is 18.8. The minimum absolute atomic E-state index is 0.00695. The van der Waals surface area contributed by atoms with Gasteiger partial charge < -0.3 is 29.2 Å². The lowest BCUT2D eigenvalue weighted by atomic mass is 10.00. The van der Waals surface area contributed by atoms with Crippen LogP contribution in [0.25, 0.3) is 11.0 Å². The topological polar surface area (TPSA) is 101 Å². The van der Waals surface area contributed by atoms with Crippen molar-refractivity contribution < 1.29 is 33.0 Å². The first-order chi connectivity index (χ1) is 16.9. The number of fused-ring (bicyclic) bond motifs is 2. The smallest absolute Gasteiger partial charge is 0.296 e. The average molecular weight is 503 g/mol. The molecule has 184 valence electrons. The third kappa shape index (κ3) is 4.98. The molecule has 2 aliphatic heterocycles. The van der Waals surface area contributed by atoms with Crippen molar-refractivity contribution in [2.75, 3.05) is 32.8 Å². The van der Waals surface area contributed by atoms with E-state index in [1.54, 1.807) is 18.2 Å². The Morgan fingerprint density at radius 3 is 2.69 bits per heavy atom. The van der Waals surface area contributed by atoms with Crippen LogP contribution in [0.3, 0.4) is 0 Å². The Kier molecular flexibility index (Phi) is 6.64. The van der Waals surface area contributed by atoms with E-state index in [9.17, 15) is 19.1 Å². The summed E-state index contributed by atoms with van der Waals surface area (Å²) in [5.41, 5.74) is 0.632. The maximum Gasteiger partial charge on any atom is 0.296 e. The second kappa shape index (κ2) is 9.85. The highest BCUT2D eigenvalue weighted by Gasteiger charge is 2.31. The van der Waals surface area contributed by atoms with Crippen molar-refractivity contribution in [3.8, 4) is 11.5 Å². The molecule has 0 spiro atoms. The van der Waals surface area contributed by atoms with Crippen LogP contribution < -0.4 is 14.8 Å². The summed E-state index contributed by atoms with van der Waals surface area (Å²) < 4.78 is 30.9. The summed E-state index contributed by atoms with van der Waals surface area (Å²) in [6.07, 6.45) is 0.693. The van der Waals surface area contributed by atoms with Crippen molar-refractivity contribution in [2.24, 2.45) is 0 Å². The zero-order valence-corrected chi connectivity index (χ0v) is 19.5. The number of hydrogen-bond donors (Lipinski definition) is 2. The van der Waals surface area contributed by atoms with Crippen molar-refractivity contribution in [2.45, 2.75) is 25.0 Å². The molecular weight excluding hydrogens is 479 g/mol. The van der Waals surface area contributed by atoms with Gasteiger partial charge in [-0.25, -0.2) is 4.39 Å². The fraction of sp³-hybridized carbons (Fsp3) is 0.360. The molecule has 2 N–H and O–H groups in total. The zero-order chi connectivity index (χ0) is 24.5. The number of aliphatic hydroxyl groups is 1. The second-order valence-corrected chi connectivity index (χ2v) is 9.12. The van der Waals surface area contributed by atoms with Crippen LogP contribution in [-0.4, -0.2) is 60.6 Å². The van der Waals surface area contributed by atoms with E-state index in [4.69, 9.17) is 25.5 Å². The molecule has 2 aliphatic rings. The van der Waals surface area contributed by atoms with Crippen molar-refractivity contribution in [3.63, 3.8) is 0 Å². The number of furan rings is 1. The van der Waals surface area contributed by atoms with E-state index in [-0.39, 0.29) is 42.6 Å². The first kappa shape index (κ1) is 23.6. The number of carbonyl (C=O) groups is 2. The van der Waals surface area contributed by atoms with Crippen LogP contribution in [-0.2, 0) is 4.79 Å². The Morgan fingerprint density at radius 1 is 1.11 bits per heavy atom. The van der Waals surface area contributed by atoms with E-state index in [0.29, 0.717) is 16.0 Å². The van der Waals surface area contributed by atoms with Gasteiger partial charge in [-0.15, -0.1) is 0 Å². The van der Waals surface area contributed by atoms with E-state index in [0.717, 1.165) is 32.0 Å². The molecule has 0 bridgehead atoms. The fourth-order valence-corrected chi connectivity index (χ4v) is 4.65. The first-order valence-corrected chi connectivity index (χ1v) is 11.8. The molecule has 10 heteroatoms. The summed E-state index contributed by atoms with van der Waals surface area (Å²) in [6.45, 7) is 2.37. The van der Waals surface area contributed by atoms with Crippen molar-refractivity contribution in [1.29, 1.82) is 0 Å². The lowest BCUT2D eigenvalue weighted by Crippen LogP contribution is -2.48. The van der Waals surface area contributed by atoms with E-state index in [1.165, 1.54) is 12.1 Å². The molecule has 3 heterocycles. The minimum atomic E-state index is -1.30. The Balaban J connectivity index is 1.38. The third-order valence-electron chi connectivity index (χ3n) is 6.22. The SMILES string of the molecule is O=C(N[C@H](CN1CCCC1)[C@H](O)c1cc(F)c2c(c1)OCCO2)C(=O)c1cc2cc(Cl)ccc2o1. The van der Waals surface area contributed by atoms with Gasteiger partial charge in [0, 0.05) is 17.0 Å². The van der Waals surface area contributed by atoms with Gasteiger partial charge in [0.05, 0.1) is 6.04 Å². The van der Waals surface area contributed by atoms with Crippen molar-refractivity contribution >= 4 is 34.3 Å². The number of benzene rings is 2. The van der Waals surface area contributed by atoms with Crippen LogP contribution in [0, 0.1) is 5.82 Å². The Hall–Kier alpha value is -3.14. The molecule has 0 aliphatic carbocycles. The van der Waals surface area contributed by atoms with Gasteiger partial charge in [-0.05, 0) is 67.9 Å². The number of hydrogen-bond acceptors (Lipinski definition) is 7. The lowest BCUT2D eigenvalue weighted by molar-refractivity contribution is -0.118. The number of Topliss-reactive ketones (excluding diaryl/α,β-unsaturated/α-hetero) is 1. The summed E-state index contributed by atoms with van der Waals surface area (Å²) in [5.74, 6) is -2.44. The number of halogens is 2. The summed E-state index contributed by atoms with van der Waals surface area (Å²) in [6, 6.07) is 8.09. The van der Waals surface area contributed by atoms with Crippen molar-refractivity contribution in [3.05, 3.63) is 58.6 Å². The van der Waals surface area contributed by atoms with E-state index in [1.807, 2.05) is 0 Å². The number of ketones is 1. The van der Waals surface area contributed by atoms with Gasteiger partial charge in [-0.3, -0.25) is 9.59 Å². The summed E-state index contributed by atoms with van der Waals surface area (Å²) >= 11 is 5.99. The molecule has 1 saturated heterocycles. The van der Waals surface area contributed by atoms with Gasteiger partial charge in [-0.1, -0.05) is 11.6 Å². The van der Waals surface area contributed by atoms with Crippen LogP contribution in [0.5, 0.6) is 11.5 Å². The highest BCUT2D eigenvalue weighted by Crippen LogP contribution is 2.36. The molecule has 1 amide bonds. The van der Waals surface area contributed by atoms with E-state index in [2.05, 4.69) is 10.2 Å². The predicted octanol–water partition coefficient (Wildman–Crippen LogP) is 3.49. The van der Waals surface area contributed by atoms with Gasteiger partial charge >= 0.3 is 0 Å². The second-order valence-electron chi connectivity index (χ2n) is 8.68. The molecule has 0 radical (unpaired) electrons. The van der Waals surface area contributed by atoms with Crippen LogP contribution >= 0.6 is 11.6 Å². The number of rotatable bonds is 7. The fourth-order valence-electron chi connectivity index (χ4n) is 4.47. The number of amides is 1. The first-order valence-electron chi connectivity index (χ1n) is 11.4. The molecule has 5 rings (SSSR count). The van der Waals surface area contributed by atoms with Crippen LogP contribution in [0.4, 0.5) is 4.39 Å². The highest BCUT2D eigenvalue weighted by atomic mass is 35.5. The summed E-state index contributed by atoms with van der Waals surface area (Å²) in [5, 5.41) is 14.9. The van der Waals surface area contributed by atoms with E-state index < -0.39 is 29.7 Å². The number of aliphatic hydroxyl groups excluding tert-OH is 1. The Morgan fingerprint density at radius 2 is 1.89 bits per heavy atom. The monoisotopic (exact) mass is 502 g/mol. The summed E-state index contributed by atoms with van der Waals surface area (Å²) in [4.78, 5) is 27.8. The standard InChI is InChI=1S/C25H24ClFN2O6/c26-16-3-4-19-14(9-16)11-20(35-19)23(31)25(32)28-18(13-29-5-1-2-6-29)22(30)15-10-17(27)24-21(12-15)33-7-8-34-24/h3-4,9-12,18,22,30H,1-2,5-8,13H2,(H,28,32)/t18-,22-/m1/s1. The quantitative estimate of drug-likeness (QED) is 0.376. The van der Waals surface area contributed by atoms with Gasteiger partial charge in [0.1, 0.15) is 24.9 Å². The summed E-state index contributed by atoms with van der Waals surface area (Å²) in [7, 11) is 0. The number of carbonyl (C=O) groups excluding carboxylic acids is 2. The van der Waals surface area contributed by atoms with Crippen LogP contribution in [0.15, 0.2) is 40.8 Å². The van der Waals surface area contributed by atoms with Crippen LogP contribution in [0.1, 0.15) is 35.1 Å². The molecular formula is C25H24ClFN2O6. The molecule has 1 aromatic heterocycles. The number of ether oxygens (including phenoxy) is 2. The van der Waals surface area contributed by atoms with Gasteiger partial charge in [-0.2, -0.15) is 0 Å². The molecule has 35 heavy (non-hydrogen) atoms. The molecule has 2 aromatic carbocycles. The molecule has 2 atom stereocenters. The Bertz CT molecular complexity index is 1270. The number of likely N-dealkylation sites (tertiary alicyclic amines) is 1. The van der Waals surface area contributed by atoms with Crippen molar-refractivity contribution in [1.82, 2.24) is 10.2 Å². The van der Waals surface area contributed by atoms with Gasteiger partial charge in [0.25, 0.3) is 11.7 Å². The lowest BCUT2D eigenvalue weighted by Gasteiger charge is -2.29. The molecule has 0 unspecified atom stereocenters. The number of nitrogens with one attached hydrogen (secondary N) is 1. The third-order valence-corrected chi connectivity index (χ3v) is 6.46. The maximum absolute atomic E-state index is 14.6. The molecule has 3 aromatic rings. The molecule has 1 fully saturated rings. The molecule has 0 saturated carbocycles. The largest absolute Gasteiger partial charge is 0.486 e. The maximum atomic E-state index is 14.6. The van der Waals surface area contributed by atoms with Gasteiger partial charge in [0.2, 0.25) is 0 Å².